The first-order valence-electron chi connectivity index (χ1n) is 11.3. The first kappa shape index (κ1) is 24.1. The van der Waals surface area contributed by atoms with Gasteiger partial charge in [0.25, 0.3) is 11.6 Å². The van der Waals surface area contributed by atoms with E-state index in [4.69, 9.17) is 0 Å². The monoisotopic (exact) mass is 490 g/mol. The van der Waals surface area contributed by atoms with Crippen LogP contribution in [0.5, 0.6) is 0 Å². The standard InChI is InChI=1S/C23H27FN4O5S/c1-17-8-10-27(11-9-17)34(32,33)18-6-7-21(22(16-18)28(30)31)25-12-14-26(15-13-25)23(29)19-4-2-3-5-20(19)24/h2-7,16-17H,8-15H2,1H3. The van der Waals surface area contributed by atoms with Crippen LogP contribution in [0.2, 0.25) is 0 Å². The third kappa shape index (κ3) is 4.76. The minimum Gasteiger partial charge on any atom is -0.362 e. The van der Waals surface area contributed by atoms with Crippen molar-refractivity contribution in [3.8, 4) is 0 Å². The zero-order valence-corrected chi connectivity index (χ0v) is 19.7. The second kappa shape index (κ2) is 9.67. The summed E-state index contributed by atoms with van der Waals surface area (Å²) in [5.74, 6) is -0.567. The Bertz CT molecular complexity index is 1190. The first-order chi connectivity index (χ1) is 16.2. The smallest absolute Gasteiger partial charge is 0.293 e. The second-order valence-electron chi connectivity index (χ2n) is 8.75. The van der Waals surface area contributed by atoms with Crippen LogP contribution in [0.4, 0.5) is 15.8 Å². The number of hydrogen-bond donors (Lipinski definition) is 0. The summed E-state index contributed by atoms with van der Waals surface area (Å²) in [5, 5.41) is 11.8. The van der Waals surface area contributed by atoms with Crippen LogP contribution >= 0.6 is 0 Å². The van der Waals surface area contributed by atoms with Gasteiger partial charge in [-0.3, -0.25) is 14.9 Å². The predicted octanol–water partition coefficient (Wildman–Crippen LogP) is 3.12. The molecule has 2 fully saturated rings. The number of hydrogen-bond acceptors (Lipinski definition) is 6. The molecule has 2 aromatic rings. The molecule has 0 aromatic heterocycles. The van der Waals surface area contributed by atoms with Crippen molar-refractivity contribution in [1.82, 2.24) is 9.21 Å². The molecule has 0 spiro atoms. The van der Waals surface area contributed by atoms with Crippen molar-refractivity contribution in [1.29, 1.82) is 0 Å². The van der Waals surface area contributed by atoms with Crippen LogP contribution in [-0.4, -0.2) is 67.7 Å². The number of nitrogens with zero attached hydrogens (tertiary/aromatic N) is 4. The van der Waals surface area contributed by atoms with Gasteiger partial charge in [0.05, 0.1) is 15.4 Å². The van der Waals surface area contributed by atoms with Gasteiger partial charge in [0, 0.05) is 45.3 Å². The fraction of sp³-hybridized carbons (Fsp3) is 0.435. The Labute approximate surface area is 198 Å². The number of carbonyl (C=O) groups excluding carboxylic acids is 1. The van der Waals surface area contributed by atoms with Gasteiger partial charge in [-0.1, -0.05) is 19.1 Å². The third-order valence-corrected chi connectivity index (χ3v) is 8.43. The summed E-state index contributed by atoms with van der Waals surface area (Å²) in [7, 11) is -3.82. The van der Waals surface area contributed by atoms with E-state index in [1.165, 1.54) is 39.5 Å². The molecule has 0 aliphatic carbocycles. The second-order valence-corrected chi connectivity index (χ2v) is 10.7. The zero-order chi connectivity index (χ0) is 24.5. The highest BCUT2D eigenvalue weighted by atomic mass is 32.2. The molecule has 2 aliphatic heterocycles. The Hall–Kier alpha value is -3.05. The van der Waals surface area contributed by atoms with Crippen molar-refractivity contribution in [2.24, 2.45) is 5.92 Å². The summed E-state index contributed by atoms with van der Waals surface area (Å²) in [4.78, 5) is 27.1. The number of carbonyl (C=O) groups is 1. The molecule has 0 radical (unpaired) electrons. The van der Waals surface area contributed by atoms with Gasteiger partial charge >= 0.3 is 0 Å². The summed E-state index contributed by atoms with van der Waals surface area (Å²) >= 11 is 0. The Kier molecular flexibility index (Phi) is 6.85. The summed E-state index contributed by atoms with van der Waals surface area (Å²) in [6.45, 7) is 4.00. The average molecular weight is 491 g/mol. The SMILES string of the molecule is CC1CCN(S(=O)(=O)c2ccc(N3CCN(C(=O)c4ccccc4F)CC3)c([N+](=O)[O-])c2)CC1. The molecule has 2 heterocycles. The van der Waals surface area contributed by atoms with E-state index in [9.17, 15) is 27.7 Å². The van der Waals surface area contributed by atoms with Crippen molar-refractivity contribution in [2.45, 2.75) is 24.7 Å². The van der Waals surface area contributed by atoms with Crippen LogP contribution in [0.3, 0.4) is 0 Å². The van der Waals surface area contributed by atoms with Gasteiger partial charge in [-0.05, 0) is 43.0 Å². The maximum atomic E-state index is 14.0. The molecule has 11 heteroatoms. The van der Waals surface area contributed by atoms with Crippen LogP contribution in [-0.2, 0) is 10.0 Å². The van der Waals surface area contributed by atoms with Gasteiger partial charge in [-0.2, -0.15) is 4.31 Å². The fourth-order valence-electron chi connectivity index (χ4n) is 4.41. The highest BCUT2D eigenvalue weighted by Crippen LogP contribution is 2.33. The largest absolute Gasteiger partial charge is 0.362 e. The van der Waals surface area contributed by atoms with Gasteiger partial charge in [0.2, 0.25) is 10.0 Å². The molecule has 0 atom stereocenters. The molecule has 34 heavy (non-hydrogen) atoms. The molecule has 0 N–H and O–H groups in total. The summed E-state index contributed by atoms with van der Waals surface area (Å²) in [6.07, 6.45) is 1.52. The van der Waals surface area contributed by atoms with Crippen LogP contribution in [0.15, 0.2) is 47.4 Å². The number of piperazine rings is 1. The molecule has 2 aliphatic rings. The average Bonchev–Trinajstić information content (AvgIpc) is 2.84. The maximum Gasteiger partial charge on any atom is 0.293 e. The van der Waals surface area contributed by atoms with Crippen LogP contribution in [0.25, 0.3) is 0 Å². The van der Waals surface area contributed by atoms with Crippen molar-refractivity contribution in [3.05, 3.63) is 64.0 Å². The Morgan fingerprint density at radius 3 is 2.29 bits per heavy atom. The van der Waals surface area contributed by atoms with Gasteiger partial charge in [0.1, 0.15) is 11.5 Å². The lowest BCUT2D eigenvalue weighted by molar-refractivity contribution is -0.384. The minimum atomic E-state index is -3.82. The van der Waals surface area contributed by atoms with E-state index >= 15 is 0 Å². The number of nitro benzene ring substituents is 1. The van der Waals surface area contributed by atoms with Crippen molar-refractivity contribution in [3.63, 3.8) is 0 Å². The van der Waals surface area contributed by atoms with E-state index in [2.05, 4.69) is 6.92 Å². The van der Waals surface area contributed by atoms with Crippen molar-refractivity contribution >= 4 is 27.3 Å². The number of halogens is 1. The fourth-order valence-corrected chi connectivity index (χ4v) is 5.90. The molecule has 2 saturated heterocycles. The van der Waals surface area contributed by atoms with E-state index < -0.39 is 26.7 Å². The lowest BCUT2D eigenvalue weighted by atomic mass is 10.0. The van der Waals surface area contributed by atoms with E-state index in [1.807, 2.05) is 0 Å². The van der Waals surface area contributed by atoms with Gasteiger partial charge in [0.15, 0.2) is 0 Å². The number of sulfonamides is 1. The Balaban J connectivity index is 1.51. The summed E-state index contributed by atoms with van der Waals surface area (Å²) < 4.78 is 41.5. The summed E-state index contributed by atoms with van der Waals surface area (Å²) in [6, 6.07) is 9.76. The number of rotatable bonds is 5. The van der Waals surface area contributed by atoms with E-state index in [1.54, 1.807) is 11.0 Å². The molecular weight excluding hydrogens is 463 g/mol. The number of piperidine rings is 1. The lowest BCUT2D eigenvalue weighted by Crippen LogP contribution is -2.49. The quantitative estimate of drug-likeness (QED) is 0.471. The molecule has 0 bridgehead atoms. The predicted molar refractivity (Wildman–Crippen MR) is 125 cm³/mol. The molecule has 4 rings (SSSR count). The molecular formula is C23H27FN4O5S. The van der Waals surface area contributed by atoms with E-state index in [0.717, 1.165) is 18.9 Å². The lowest BCUT2D eigenvalue weighted by Gasteiger charge is -2.36. The topological polar surface area (TPSA) is 104 Å². The number of benzene rings is 2. The minimum absolute atomic E-state index is 0.0106. The maximum absolute atomic E-state index is 14.0. The third-order valence-electron chi connectivity index (χ3n) is 6.54. The van der Waals surface area contributed by atoms with Crippen LogP contribution in [0, 0.1) is 21.8 Å². The Morgan fingerprint density at radius 2 is 1.68 bits per heavy atom. The molecule has 0 saturated carbocycles. The van der Waals surface area contributed by atoms with Crippen molar-refractivity contribution < 1.29 is 22.5 Å². The summed E-state index contributed by atoms with van der Waals surface area (Å²) in [5.41, 5.74) is -0.00173. The highest BCUT2D eigenvalue weighted by molar-refractivity contribution is 7.89. The number of anilines is 1. The first-order valence-corrected chi connectivity index (χ1v) is 12.7. The molecule has 182 valence electrons. The number of amides is 1. The van der Waals surface area contributed by atoms with E-state index in [-0.39, 0.29) is 29.2 Å². The normalized spacial score (nSPS) is 18.2. The zero-order valence-electron chi connectivity index (χ0n) is 18.9. The Morgan fingerprint density at radius 1 is 1.03 bits per heavy atom. The number of nitro groups is 1. The van der Waals surface area contributed by atoms with E-state index in [0.29, 0.717) is 37.8 Å². The molecule has 2 aromatic carbocycles. The molecule has 1 amide bonds. The van der Waals surface area contributed by atoms with Crippen molar-refractivity contribution in [2.75, 3.05) is 44.2 Å². The molecule has 0 unspecified atom stereocenters. The highest BCUT2D eigenvalue weighted by Gasteiger charge is 2.32. The van der Waals surface area contributed by atoms with Gasteiger partial charge in [-0.15, -0.1) is 0 Å². The van der Waals surface area contributed by atoms with Crippen LogP contribution < -0.4 is 4.90 Å². The molecule has 9 nitrogen and oxygen atoms in total. The van der Waals surface area contributed by atoms with Gasteiger partial charge in [-0.25, -0.2) is 12.8 Å². The van der Waals surface area contributed by atoms with Crippen LogP contribution in [0.1, 0.15) is 30.1 Å². The van der Waals surface area contributed by atoms with Gasteiger partial charge < -0.3 is 9.80 Å².